The molecule has 1 amide bonds. The zero-order valence-corrected chi connectivity index (χ0v) is 12.3. The molecule has 0 spiro atoms. The van der Waals surface area contributed by atoms with Crippen LogP contribution in [0.2, 0.25) is 0 Å². The average Bonchev–Trinajstić information content (AvgIpc) is 2.78. The van der Waals surface area contributed by atoms with Gasteiger partial charge < -0.3 is 15.0 Å². The SMILES string of the molecule is CNCCN(C)C(=O)c1cc2c(s1)CCOC2.Cl. The lowest BCUT2D eigenvalue weighted by atomic mass is 10.2. The van der Waals surface area contributed by atoms with E-state index < -0.39 is 0 Å². The van der Waals surface area contributed by atoms with Crippen LogP contribution in [0.1, 0.15) is 20.1 Å². The van der Waals surface area contributed by atoms with Crippen molar-refractivity contribution in [1.82, 2.24) is 10.2 Å². The first-order chi connectivity index (χ1) is 8.22. The molecule has 1 N–H and O–H groups in total. The summed E-state index contributed by atoms with van der Waals surface area (Å²) in [6.45, 7) is 2.97. The summed E-state index contributed by atoms with van der Waals surface area (Å²) in [5.74, 6) is 0.111. The van der Waals surface area contributed by atoms with Gasteiger partial charge in [-0.05, 0) is 18.7 Å². The summed E-state index contributed by atoms with van der Waals surface area (Å²) >= 11 is 1.61. The Bertz CT molecular complexity index is 385. The van der Waals surface area contributed by atoms with Gasteiger partial charge in [-0.1, -0.05) is 0 Å². The normalized spacial score (nSPS) is 13.7. The van der Waals surface area contributed by atoms with Crippen molar-refractivity contribution in [3.63, 3.8) is 0 Å². The van der Waals surface area contributed by atoms with E-state index in [1.165, 1.54) is 10.4 Å². The van der Waals surface area contributed by atoms with Gasteiger partial charge in [-0.25, -0.2) is 0 Å². The summed E-state index contributed by atoms with van der Waals surface area (Å²) in [7, 11) is 3.73. The minimum atomic E-state index is 0. The maximum atomic E-state index is 12.1. The summed E-state index contributed by atoms with van der Waals surface area (Å²) in [6.07, 6.45) is 0.938. The molecule has 4 nitrogen and oxygen atoms in total. The van der Waals surface area contributed by atoms with Crippen molar-refractivity contribution >= 4 is 29.7 Å². The topological polar surface area (TPSA) is 41.6 Å². The molecule has 0 bridgehead atoms. The van der Waals surface area contributed by atoms with Crippen LogP contribution < -0.4 is 5.32 Å². The lowest BCUT2D eigenvalue weighted by molar-refractivity contribution is 0.0801. The molecule has 0 unspecified atom stereocenters. The van der Waals surface area contributed by atoms with Crippen LogP contribution >= 0.6 is 23.7 Å². The molecule has 0 radical (unpaired) electrons. The van der Waals surface area contributed by atoms with Gasteiger partial charge >= 0.3 is 0 Å². The molecule has 1 aromatic rings. The Labute approximate surface area is 118 Å². The highest BCUT2D eigenvalue weighted by atomic mass is 35.5. The fourth-order valence-electron chi connectivity index (χ4n) is 1.82. The highest BCUT2D eigenvalue weighted by molar-refractivity contribution is 7.14. The molecule has 1 aliphatic heterocycles. The number of fused-ring (bicyclic) bond motifs is 1. The Balaban J connectivity index is 0.00000162. The highest BCUT2D eigenvalue weighted by Gasteiger charge is 2.19. The molecule has 18 heavy (non-hydrogen) atoms. The Hall–Kier alpha value is -0.620. The Morgan fingerprint density at radius 2 is 2.39 bits per heavy atom. The largest absolute Gasteiger partial charge is 0.376 e. The number of rotatable bonds is 4. The summed E-state index contributed by atoms with van der Waals surface area (Å²) in [6, 6.07) is 1.98. The predicted octanol–water partition coefficient (Wildman–Crippen LogP) is 1.53. The zero-order valence-electron chi connectivity index (χ0n) is 10.7. The summed E-state index contributed by atoms with van der Waals surface area (Å²) in [5, 5.41) is 3.04. The van der Waals surface area contributed by atoms with Gasteiger partial charge in [0.2, 0.25) is 0 Å². The lowest BCUT2D eigenvalue weighted by Gasteiger charge is -2.15. The molecule has 0 atom stereocenters. The van der Waals surface area contributed by atoms with E-state index in [0.29, 0.717) is 6.61 Å². The van der Waals surface area contributed by atoms with Crippen molar-refractivity contribution in [3.05, 3.63) is 21.4 Å². The van der Waals surface area contributed by atoms with Crippen molar-refractivity contribution in [2.45, 2.75) is 13.0 Å². The van der Waals surface area contributed by atoms with Crippen molar-refractivity contribution < 1.29 is 9.53 Å². The third-order valence-electron chi connectivity index (χ3n) is 2.88. The molecule has 2 heterocycles. The molecule has 0 saturated heterocycles. The van der Waals surface area contributed by atoms with E-state index >= 15 is 0 Å². The van der Waals surface area contributed by atoms with E-state index in [1.807, 2.05) is 20.2 Å². The maximum Gasteiger partial charge on any atom is 0.263 e. The maximum absolute atomic E-state index is 12.1. The van der Waals surface area contributed by atoms with Crippen LogP contribution in [-0.2, 0) is 17.8 Å². The van der Waals surface area contributed by atoms with Crippen molar-refractivity contribution in [3.8, 4) is 0 Å². The van der Waals surface area contributed by atoms with Gasteiger partial charge in [0, 0.05) is 31.4 Å². The van der Waals surface area contributed by atoms with Crippen LogP contribution in [0.3, 0.4) is 0 Å². The Morgan fingerprint density at radius 1 is 1.61 bits per heavy atom. The molecule has 2 rings (SSSR count). The number of hydrogen-bond donors (Lipinski definition) is 1. The van der Waals surface area contributed by atoms with E-state index in [2.05, 4.69) is 5.32 Å². The highest BCUT2D eigenvalue weighted by Crippen LogP contribution is 2.27. The van der Waals surface area contributed by atoms with Gasteiger partial charge in [0.15, 0.2) is 0 Å². The third kappa shape index (κ3) is 3.45. The first-order valence-electron chi connectivity index (χ1n) is 5.81. The number of nitrogens with zero attached hydrogens (tertiary/aromatic N) is 1. The molecule has 0 aliphatic carbocycles. The Morgan fingerprint density at radius 3 is 3.06 bits per heavy atom. The number of hydrogen-bond acceptors (Lipinski definition) is 4. The van der Waals surface area contributed by atoms with Crippen molar-refractivity contribution in [1.29, 1.82) is 0 Å². The molecular formula is C12H19ClN2O2S. The number of halogens is 1. The number of ether oxygens (including phenoxy) is 1. The van der Waals surface area contributed by atoms with Gasteiger partial charge in [0.25, 0.3) is 5.91 Å². The molecule has 102 valence electrons. The fraction of sp³-hybridized carbons (Fsp3) is 0.583. The van der Waals surface area contributed by atoms with E-state index in [0.717, 1.165) is 31.0 Å². The summed E-state index contributed by atoms with van der Waals surface area (Å²) in [5.41, 5.74) is 1.19. The fourth-order valence-corrected chi connectivity index (χ4v) is 2.97. The number of thiophene rings is 1. The smallest absolute Gasteiger partial charge is 0.263 e. The van der Waals surface area contributed by atoms with E-state index in [9.17, 15) is 4.79 Å². The number of carbonyl (C=O) groups is 1. The van der Waals surface area contributed by atoms with Crippen LogP contribution in [-0.4, -0.2) is 44.6 Å². The van der Waals surface area contributed by atoms with Crippen LogP contribution in [0, 0.1) is 0 Å². The minimum absolute atomic E-state index is 0. The molecule has 0 fully saturated rings. The monoisotopic (exact) mass is 290 g/mol. The number of likely N-dealkylation sites (N-methyl/N-ethyl adjacent to an activating group) is 2. The minimum Gasteiger partial charge on any atom is -0.376 e. The van der Waals surface area contributed by atoms with Gasteiger partial charge in [-0.3, -0.25) is 4.79 Å². The average molecular weight is 291 g/mol. The Kier molecular flexibility index (Phi) is 6.08. The number of nitrogens with one attached hydrogen (secondary N) is 1. The van der Waals surface area contributed by atoms with Crippen LogP contribution in [0.25, 0.3) is 0 Å². The first-order valence-corrected chi connectivity index (χ1v) is 6.63. The predicted molar refractivity (Wildman–Crippen MR) is 75.8 cm³/mol. The van der Waals surface area contributed by atoms with Crippen LogP contribution in [0.5, 0.6) is 0 Å². The van der Waals surface area contributed by atoms with E-state index in [1.54, 1.807) is 16.2 Å². The standard InChI is InChI=1S/C12H18N2O2S.ClH/c1-13-4-5-14(2)12(15)11-7-9-8-16-6-3-10(9)17-11;/h7,13H,3-6,8H2,1-2H3;1H. The molecular weight excluding hydrogens is 272 g/mol. The second kappa shape index (κ2) is 7.09. The second-order valence-corrected chi connectivity index (χ2v) is 5.33. The van der Waals surface area contributed by atoms with Crippen molar-refractivity contribution in [2.75, 3.05) is 33.8 Å². The van der Waals surface area contributed by atoms with Gasteiger partial charge in [-0.15, -0.1) is 23.7 Å². The molecule has 0 aromatic carbocycles. The third-order valence-corrected chi connectivity index (χ3v) is 4.11. The molecule has 1 aromatic heterocycles. The van der Waals surface area contributed by atoms with Gasteiger partial charge in [-0.2, -0.15) is 0 Å². The van der Waals surface area contributed by atoms with Gasteiger partial charge in [0.05, 0.1) is 18.1 Å². The lowest BCUT2D eigenvalue weighted by Crippen LogP contribution is -2.32. The van der Waals surface area contributed by atoms with Gasteiger partial charge in [0.1, 0.15) is 0 Å². The zero-order chi connectivity index (χ0) is 12.3. The van der Waals surface area contributed by atoms with E-state index in [-0.39, 0.29) is 18.3 Å². The van der Waals surface area contributed by atoms with Crippen LogP contribution in [0.4, 0.5) is 0 Å². The number of carbonyl (C=O) groups excluding carboxylic acids is 1. The first kappa shape index (κ1) is 15.4. The summed E-state index contributed by atoms with van der Waals surface area (Å²) in [4.78, 5) is 16.0. The van der Waals surface area contributed by atoms with E-state index in [4.69, 9.17) is 4.74 Å². The molecule has 0 saturated carbocycles. The number of amides is 1. The van der Waals surface area contributed by atoms with Crippen molar-refractivity contribution in [2.24, 2.45) is 0 Å². The van der Waals surface area contributed by atoms with Crippen LogP contribution in [0.15, 0.2) is 6.07 Å². The molecule has 1 aliphatic rings. The molecule has 6 heteroatoms. The quantitative estimate of drug-likeness (QED) is 0.914. The summed E-state index contributed by atoms with van der Waals surface area (Å²) < 4.78 is 5.39. The second-order valence-electron chi connectivity index (χ2n) is 4.19.